The molecule has 8 aromatic carbocycles. The summed E-state index contributed by atoms with van der Waals surface area (Å²) >= 11 is 0. The van der Waals surface area contributed by atoms with E-state index in [1.807, 2.05) is 152 Å². The molecule has 0 spiro atoms. The third kappa shape index (κ3) is 12.9. The number of hydrogen-bond acceptors (Lipinski definition) is 8. The third-order valence-electron chi connectivity index (χ3n) is 17.1. The quantitative estimate of drug-likeness (QED) is 0.0746. The number of aromatic hydroxyl groups is 8. The van der Waals surface area contributed by atoms with E-state index >= 15 is 0 Å². The summed E-state index contributed by atoms with van der Waals surface area (Å²) in [7, 11) is 0. The smallest absolute Gasteiger partial charge is 0.122 e. The van der Waals surface area contributed by atoms with Crippen LogP contribution in [0, 0.1) is 0 Å². The lowest BCUT2D eigenvalue weighted by molar-refractivity contribution is 0.452. The molecule has 8 nitrogen and oxygen atoms in total. The van der Waals surface area contributed by atoms with Crippen LogP contribution < -0.4 is 0 Å². The highest BCUT2D eigenvalue weighted by Gasteiger charge is 2.25. The molecule has 0 heterocycles. The van der Waals surface area contributed by atoms with Crippen LogP contribution in [0.25, 0.3) is 44.6 Å². The lowest BCUT2D eigenvalue weighted by Gasteiger charge is -2.20. The van der Waals surface area contributed by atoms with Crippen LogP contribution in [0.2, 0.25) is 0 Å². The molecule has 0 aromatic heterocycles. The van der Waals surface area contributed by atoms with Gasteiger partial charge < -0.3 is 40.9 Å². The molecule has 0 amide bonds. The van der Waals surface area contributed by atoms with Crippen LogP contribution in [0.15, 0.2) is 150 Å². The van der Waals surface area contributed by atoms with Gasteiger partial charge in [-0.25, -0.2) is 0 Å². The zero-order valence-corrected chi connectivity index (χ0v) is 52.1. The minimum atomic E-state index is -0.0296. The fourth-order valence-electron chi connectivity index (χ4n) is 11.8. The zero-order chi connectivity index (χ0) is 64.1. The lowest BCUT2D eigenvalue weighted by atomic mass is 9.87. The predicted octanol–water partition coefficient (Wildman–Crippen LogP) is 18.6. The van der Waals surface area contributed by atoms with E-state index in [0.29, 0.717) is 89.0 Å². The second kappa shape index (κ2) is 24.8. The number of phenolic OH excluding ortho intramolecular Hbond substituents is 8. The first-order chi connectivity index (χ1) is 41.5. The van der Waals surface area contributed by atoms with Crippen molar-refractivity contribution in [3.05, 3.63) is 283 Å². The van der Waals surface area contributed by atoms with Gasteiger partial charge in [-0.1, -0.05) is 97.2 Å². The average molecular weight is 1170 g/mol. The van der Waals surface area contributed by atoms with Gasteiger partial charge in [0.2, 0.25) is 0 Å². The summed E-state index contributed by atoms with van der Waals surface area (Å²) in [5.41, 5.74) is 19.9. The molecule has 1 aliphatic rings. The molecule has 0 radical (unpaired) electrons. The summed E-state index contributed by atoms with van der Waals surface area (Å²) in [4.78, 5) is 0. The zero-order valence-electron chi connectivity index (χ0n) is 52.1. The van der Waals surface area contributed by atoms with E-state index in [1.165, 1.54) is 0 Å². The van der Waals surface area contributed by atoms with Crippen molar-refractivity contribution in [1.29, 1.82) is 0 Å². The summed E-state index contributed by atoms with van der Waals surface area (Å²) in [5, 5.41) is 99.4. The van der Waals surface area contributed by atoms with Crippen molar-refractivity contribution < 1.29 is 40.9 Å². The number of hydrogen-bond donors (Lipinski definition) is 8. The first-order valence-corrected chi connectivity index (χ1v) is 29.5. The second-order valence-corrected chi connectivity index (χ2v) is 24.8. The van der Waals surface area contributed by atoms with Gasteiger partial charge in [0, 0.05) is 51.4 Å². The maximum Gasteiger partial charge on any atom is 0.122 e. The molecule has 8 aromatic rings. The van der Waals surface area contributed by atoms with Crippen LogP contribution in [0.4, 0.5) is 0 Å². The Morgan fingerprint density at radius 2 is 0.250 bits per heavy atom. The molecule has 0 fully saturated rings. The van der Waals surface area contributed by atoms with Crippen LogP contribution in [0.5, 0.6) is 46.0 Å². The molecule has 8 N–H and O–H groups in total. The van der Waals surface area contributed by atoms with Crippen LogP contribution in [0.3, 0.4) is 0 Å². The van der Waals surface area contributed by atoms with E-state index < -0.39 is 0 Å². The van der Waals surface area contributed by atoms with Gasteiger partial charge in [-0.05, 0) is 286 Å². The topological polar surface area (TPSA) is 162 Å². The Morgan fingerprint density at radius 1 is 0.182 bits per heavy atom. The molecular formula is C80H80O8. The Bertz CT molecular complexity index is 3340. The summed E-state index contributed by atoms with van der Waals surface area (Å²) in [6.07, 6.45) is 0.670. The van der Waals surface area contributed by atoms with Crippen LogP contribution in [0.1, 0.15) is 189 Å². The average Bonchev–Trinajstić information content (AvgIpc) is 3.48. The van der Waals surface area contributed by atoms with Crippen molar-refractivity contribution in [3.8, 4) is 46.0 Å². The summed E-state index contributed by atoms with van der Waals surface area (Å²) in [6.45, 7) is 49.2. The Hall–Kier alpha value is -9.92. The molecule has 8 heteroatoms. The third-order valence-corrected chi connectivity index (χ3v) is 17.1. The van der Waals surface area contributed by atoms with Crippen LogP contribution in [-0.4, -0.2) is 40.9 Å². The predicted molar refractivity (Wildman–Crippen MR) is 365 cm³/mol. The van der Waals surface area contributed by atoms with Crippen LogP contribution in [-0.2, 0) is 51.4 Å². The van der Waals surface area contributed by atoms with Crippen molar-refractivity contribution in [1.82, 2.24) is 0 Å². The minimum absolute atomic E-state index is 0.0296. The van der Waals surface area contributed by atoms with E-state index in [9.17, 15) is 40.9 Å². The van der Waals surface area contributed by atoms with Gasteiger partial charge in [-0.3, -0.25) is 0 Å². The van der Waals surface area contributed by atoms with E-state index in [4.69, 9.17) is 0 Å². The summed E-state index contributed by atoms with van der Waals surface area (Å²) < 4.78 is 0. The molecule has 9 rings (SSSR count). The van der Waals surface area contributed by atoms with Crippen molar-refractivity contribution in [2.45, 2.75) is 107 Å². The molecule has 0 saturated carbocycles. The lowest BCUT2D eigenvalue weighted by Crippen LogP contribution is -2.03. The second-order valence-electron chi connectivity index (χ2n) is 24.8. The Balaban J connectivity index is 1.30. The molecule has 0 atom stereocenters. The van der Waals surface area contributed by atoms with Gasteiger partial charge in [0.05, 0.1) is 0 Å². The van der Waals surface area contributed by atoms with E-state index in [-0.39, 0.29) is 97.4 Å². The van der Waals surface area contributed by atoms with Gasteiger partial charge >= 0.3 is 0 Å². The largest absolute Gasteiger partial charge is 0.507 e. The Labute approximate surface area is 518 Å². The molecule has 0 unspecified atom stereocenters. The van der Waals surface area contributed by atoms with Crippen molar-refractivity contribution in [3.63, 3.8) is 0 Å². The highest BCUT2D eigenvalue weighted by atomic mass is 16.3. The molecular weight excluding hydrogens is 1090 g/mol. The number of fused-ring (bicyclic) bond motifs is 16. The number of phenols is 8. The van der Waals surface area contributed by atoms with Gasteiger partial charge in [0.15, 0.2) is 0 Å². The van der Waals surface area contributed by atoms with Crippen molar-refractivity contribution in [2.24, 2.45) is 0 Å². The SMILES string of the molecule is C=C(C)c1cc2c(O)c(c1)Cc1cc(C(=C)C)cc(c1O)Cc1cc(C(=C)C)cc(c1O)Cc1cc(C(=C)C)cc(c1O)Cc1cc(C(=C)C)cc(c1O)Cc1cc(C(=C)C)cc(c1O)Cc1cc(C(=C)C)cc(c1O)Cc1cc(C(=C)C)cc(c1O)C2. The molecule has 0 aliphatic heterocycles. The highest BCUT2D eigenvalue weighted by molar-refractivity contribution is 5.75. The van der Waals surface area contributed by atoms with E-state index in [1.54, 1.807) is 0 Å². The summed E-state index contributed by atoms with van der Waals surface area (Å²) in [5.74, 6) is -0.237. The fraction of sp³-hybridized carbons (Fsp3) is 0.200. The standard InChI is InChI=1S/C80H80O8/c1-41(2)49-17-57-33-59-19-50(42(3)4)21-61(74(59)82)35-63-23-52(44(7)8)25-65(76(63)84)37-67-27-54(46(11)12)29-69(78(67)86)39-71-31-56(48(15)16)32-72(80(71)88)40-70-30-55(47(13)14)28-68(79(70)87)38-66-26-53(45(9)10)24-64(77(66)85)36-62-22-51(43(5)6)20-60(75(62)83)34-58(18-49)73(57)81/h17-32,81-88H,1,3,5,7,9,11,13,15,33-40H2,2,4,6,8,10,12,14,16H3. The van der Waals surface area contributed by atoms with Crippen molar-refractivity contribution >= 4 is 44.6 Å². The van der Waals surface area contributed by atoms with Crippen molar-refractivity contribution in [2.75, 3.05) is 0 Å². The maximum atomic E-state index is 12.4. The molecule has 448 valence electrons. The van der Waals surface area contributed by atoms with Gasteiger partial charge in [-0.2, -0.15) is 0 Å². The molecule has 16 bridgehead atoms. The van der Waals surface area contributed by atoms with Gasteiger partial charge in [-0.15, -0.1) is 0 Å². The fourth-order valence-corrected chi connectivity index (χ4v) is 11.8. The number of rotatable bonds is 8. The molecule has 1 aliphatic carbocycles. The normalized spacial score (nSPS) is 12.5. The number of benzene rings is 8. The first kappa shape index (κ1) is 62.6. The Kier molecular flexibility index (Phi) is 17.7. The minimum Gasteiger partial charge on any atom is -0.507 e. The molecule has 88 heavy (non-hydrogen) atoms. The monoisotopic (exact) mass is 1170 g/mol. The first-order valence-electron chi connectivity index (χ1n) is 29.5. The van der Waals surface area contributed by atoms with Gasteiger partial charge in [0.1, 0.15) is 46.0 Å². The number of allylic oxidation sites excluding steroid dienone is 8. The maximum absolute atomic E-state index is 12.4. The van der Waals surface area contributed by atoms with E-state index in [2.05, 4.69) is 52.6 Å². The van der Waals surface area contributed by atoms with E-state index in [0.717, 1.165) is 89.1 Å². The highest BCUT2D eigenvalue weighted by Crippen LogP contribution is 2.44. The van der Waals surface area contributed by atoms with Gasteiger partial charge in [0.25, 0.3) is 0 Å². The van der Waals surface area contributed by atoms with Crippen LogP contribution >= 0.6 is 0 Å². The molecule has 0 saturated heterocycles. The summed E-state index contributed by atoms with van der Waals surface area (Å²) in [6, 6.07) is 29.7. The Morgan fingerprint density at radius 3 is 0.307 bits per heavy atom.